The lowest BCUT2D eigenvalue weighted by molar-refractivity contribution is -0.0624. The van der Waals surface area contributed by atoms with E-state index in [0.717, 1.165) is 19.0 Å². The summed E-state index contributed by atoms with van der Waals surface area (Å²) < 4.78 is 33.3. The highest BCUT2D eigenvalue weighted by Crippen LogP contribution is 2.30. The molecule has 0 aromatic heterocycles. The standard InChI is InChI=1S/C15H22F2N2O/c1-3-7-18-10-13-15(19(2)8-9-20-13)11-5-4-6-12(16)14(11)17/h4-6,13,15,18H,3,7-10H2,1-2H3. The van der Waals surface area contributed by atoms with E-state index < -0.39 is 11.6 Å². The minimum Gasteiger partial charge on any atom is -0.374 e. The molecule has 5 heteroatoms. The van der Waals surface area contributed by atoms with E-state index in [9.17, 15) is 8.78 Å². The van der Waals surface area contributed by atoms with Gasteiger partial charge in [-0.25, -0.2) is 8.78 Å². The quantitative estimate of drug-likeness (QED) is 0.840. The van der Waals surface area contributed by atoms with E-state index in [4.69, 9.17) is 4.74 Å². The molecule has 0 saturated carbocycles. The van der Waals surface area contributed by atoms with E-state index in [1.165, 1.54) is 0 Å². The first-order chi connectivity index (χ1) is 9.65. The molecule has 2 unspecified atom stereocenters. The Morgan fingerprint density at radius 3 is 2.95 bits per heavy atom. The Morgan fingerprint density at radius 1 is 1.40 bits per heavy atom. The fraction of sp³-hybridized carbons (Fsp3) is 0.600. The zero-order valence-corrected chi connectivity index (χ0v) is 12.0. The molecule has 2 rings (SSSR count). The van der Waals surface area contributed by atoms with Gasteiger partial charge in [0.15, 0.2) is 11.6 Å². The van der Waals surface area contributed by atoms with Crippen LogP contribution < -0.4 is 5.32 Å². The molecule has 0 spiro atoms. The van der Waals surface area contributed by atoms with Gasteiger partial charge < -0.3 is 10.1 Å². The second-order valence-corrected chi connectivity index (χ2v) is 5.18. The summed E-state index contributed by atoms with van der Waals surface area (Å²) >= 11 is 0. The Kier molecular flexibility index (Phi) is 5.46. The number of likely N-dealkylation sites (N-methyl/N-ethyl adjacent to an activating group) is 1. The van der Waals surface area contributed by atoms with Crippen molar-refractivity contribution in [1.82, 2.24) is 10.2 Å². The molecule has 0 aliphatic carbocycles. The van der Waals surface area contributed by atoms with Gasteiger partial charge in [0, 0.05) is 18.7 Å². The van der Waals surface area contributed by atoms with Crippen molar-refractivity contribution >= 4 is 0 Å². The van der Waals surface area contributed by atoms with Gasteiger partial charge in [-0.3, -0.25) is 4.90 Å². The molecule has 20 heavy (non-hydrogen) atoms. The number of nitrogens with zero attached hydrogens (tertiary/aromatic N) is 1. The highest BCUT2D eigenvalue weighted by atomic mass is 19.2. The molecule has 1 fully saturated rings. The fourth-order valence-electron chi connectivity index (χ4n) is 2.64. The number of benzene rings is 1. The van der Waals surface area contributed by atoms with Crippen LogP contribution in [0.4, 0.5) is 8.78 Å². The smallest absolute Gasteiger partial charge is 0.163 e. The average Bonchev–Trinajstić information content (AvgIpc) is 2.43. The highest BCUT2D eigenvalue weighted by Gasteiger charge is 2.33. The van der Waals surface area contributed by atoms with E-state index >= 15 is 0 Å². The SMILES string of the molecule is CCCNCC1OCCN(C)C1c1cccc(F)c1F. The highest BCUT2D eigenvalue weighted by molar-refractivity contribution is 5.24. The molecule has 1 aliphatic rings. The van der Waals surface area contributed by atoms with Gasteiger partial charge in [-0.2, -0.15) is 0 Å². The van der Waals surface area contributed by atoms with Crippen LogP contribution >= 0.6 is 0 Å². The number of rotatable bonds is 5. The molecule has 0 radical (unpaired) electrons. The van der Waals surface area contributed by atoms with Gasteiger partial charge in [-0.05, 0) is 26.1 Å². The Balaban J connectivity index is 2.20. The topological polar surface area (TPSA) is 24.5 Å². The molecule has 1 aliphatic heterocycles. The molecule has 2 atom stereocenters. The van der Waals surface area contributed by atoms with E-state index in [2.05, 4.69) is 12.2 Å². The molecule has 0 bridgehead atoms. The van der Waals surface area contributed by atoms with E-state index in [1.807, 2.05) is 11.9 Å². The third kappa shape index (κ3) is 3.34. The summed E-state index contributed by atoms with van der Waals surface area (Å²) in [5.74, 6) is -1.57. The Labute approximate surface area is 118 Å². The van der Waals surface area contributed by atoms with E-state index in [-0.39, 0.29) is 12.1 Å². The number of morpholine rings is 1. The maximum atomic E-state index is 14.0. The normalized spacial score (nSPS) is 24.0. The summed E-state index contributed by atoms with van der Waals surface area (Å²) in [6, 6.07) is 4.07. The van der Waals surface area contributed by atoms with E-state index in [0.29, 0.717) is 25.3 Å². The number of halogens is 2. The predicted molar refractivity (Wildman–Crippen MR) is 74.6 cm³/mol. The first kappa shape index (κ1) is 15.4. The molecular formula is C15H22F2N2O. The Morgan fingerprint density at radius 2 is 2.20 bits per heavy atom. The van der Waals surface area contributed by atoms with Crippen molar-refractivity contribution in [2.75, 3.05) is 33.3 Å². The monoisotopic (exact) mass is 284 g/mol. The van der Waals surface area contributed by atoms with Crippen molar-refractivity contribution in [2.45, 2.75) is 25.5 Å². The lowest BCUT2D eigenvalue weighted by atomic mass is 9.97. The summed E-state index contributed by atoms with van der Waals surface area (Å²) in [6.45, 7) is 4.94. The average molecular weight is 284 g/mol. The van der Waals surface area contributed by atoms with Gasteiger partial charge in [0.05, 0.1) is 18.8 Å². The number of hydrogen-bond donors (Lipinski definition) is 1. The lowest BCUT2D eigenvalue weighted by Crippen LogP contribution is -2.47. The van der Waals surface area contributed by atoms with Crippen LogP contribution in [0.15, 0.2) is 18.2 Å². The molecule has 1 aromatic rings. The maximum absolute atomic E-state index is 14.0. The minimum atomic E-state index is -0.804. The zero-order valence-electron chi connectivity index (χ0n) is 12.0. The number of ether oxygens (including phenoxy) is 1. The molecule has 0 amide bonds. The Bertz CT molecular complexity index is 442. The van der Waals surface area contributed by atoms with Gasteiger partial charge in [0.1, 0.15) is 0 Å². The number of hydrogen-bond acceptors (Lipinski definition) is 3. The van der Waals surface area contributed by atoms with Crippen LogP contribution in [0.2, 0.25) is 0 Å². The minimum absolute atomic E-state index is 0.170. The summed E-state index contributed by atoms with van der Waals surface area (Å²) in [4.78, 5) is 2.03. The third-order valence-electron chi connectivity index (χ3n) is 3.68. The van der Waals surface area contributed by atoms with Crippen LogP contribution in [0.5, 0.6) is 0 Å². The van der Waals surface area contributed by atoms with Gasteiger partial charge >= 0.3 is 0 Å². The third-order valence-corrected chi connectivity index (χ3v) is 3.68. The first-order valence-corrected chi connectivity index (χ1v) is 7.11. The molecule has 1 saturated heterocycles. The Hall–Kier alpha value is -1.04. The van der Waals surface area contributed by atoms with Gasteiger partial charge in [0.25, 0.3) is 0 Å². The second kappa shape index (κ2) is 7.11. The van der Waals surface area contributed by atoms with E-state index in [1.54, 1.807) is 12.1 Å². The maximum Gasteiger partial charge on any atom is 0.163 e. The van der Waals surface area contributed by atoms with Crippen molar-refractivity contribution in [3.63, 3.8) is 0 Å². The summed E-state index contributed by atoms with van der Waals surface area (Å²) in [7, 11) is 1.92. The molecular weight excluding hydrogens is 262 g/mol. The van der Waals surface area contributed by atoms with Crippen LogP contribution in [-0.4, -0.2) is 44.3 Å². The summed E-state index contributed by atoms with van der Waals surface area (Å²) in [5, 5.41) is 3.29. The van der Waals surface area contributed by atoms with Crippen molar-refractivity contribution in [3.8, 4) is 0 Å². The summed E-state index contributed by atoms with van der Waals surface area (Å²) in [6.07, 6.45) is 0.860. The van der Waals surface area contributed by atoms with Gasteiger partial charge in [-0.15, -0.1) is 0 Å². The molecule has 112 valence electrons. The van der Waals surface area contributed by atoms with Gasteiger partial charge in [-0.1, -0.05) is 19.1 Å². The molecule has 1 N–H and O–H groups in total. The van der Waals surface area contributed by atoms with Crippen LogP contribution in [0, 0.1) is 11.6 Å². The molecule has 1 heterocycles. The van der Waals surface area contributed by atoms with Crippen LogP contribution in [-0.2, 0) is 4.74 Å². The number of nitrogens with one attached hydrogen (secondary N) is 1. The lowest BCUT2D eigenvalue weighted by Gasteiger charge is -2.39. The first-order valence-electron chi connectivity index (χ1n) is 7.11. The van der Waals surface area contributed by atoms with Crippen molar-refractivity contribution < 1.29 is 13.5 Å². The van der Waals surface area contributed by atoms with Crippen molar-refractivity contribution in [1.29, 1.82) is 0 Å². The molecule has 1 aromatic carbocycles. The second-order valence-electron chi connectivity index (χ2n) is 5.18. The predicted octanol–water partition coefficient (Wildman–Crippen LogP) is 2.34. The van der Waals surface area contributed by atoms with Gasteiger partial charge in [0.2, 0.25) is 0 Å². The largest absolute Gasteiger partial charge is 0.374 e. The fourth-order valence-corrected chi connectivity index (χ4v) is 2.64. The molecule has 3 nitrogen and oxygen atoms in total. The van der Waals surface area contributed by atoms with Crippen LogP contribution in [0.3, 0.4) is 0 Å². The van der Waals surface area contributed by atoms with Crippen molar-refractivity contribution in [3.05, 3.63) is 35.4 Å². The summed E-state index contributed by atoms with van der Waals surface area (Å²) in [5.41, 5.74) is 0.371. The zero-order chi connectivity index (χ0) is 14.5. The van der Waals surface area contributed by atoms with Crippen LogP contribution in [0.25, 0.3) is 0 Å². The van der Waals surface area contributed by atoms with Crippen LogP contribution in [0.1, 0.15) is 24.9 Å². The van der Waals surface area contributed by atoms with Crippen molar-refractivity contribution in [2.24, 2.45) is 0 Å².